The highest BCUT2D eigenvalue weighted by molar-refractivity contribution is 8.00. The summed E-state index contributed by atoms with van der Waals surface area (Å²) in [5, 5.41) is 2.76. The molecule has 1 aromatic carbocycles. The van der Waals surface area contributed by atoms with Crippen LogP contribution in [0.4, 0.5) is 0 Å². The molecule has 1 rings (SSSR count). The van der Waals surface area contributed by atoms with Gasteiger partial charge in [0.2, 0.25) is 5.91 Å². The summed E-state index contributed by atoms with van der Waals surface area (Å²) in [7, 11) is 0. The zero-order valence-corrected chi connectivity index (χ0v) is 10.6. The van der Waals surface area contributed by atoms with Crippen molar-refractivity contribution in [3.63, 3.8) is 0 Å². The lowest BCUT2D eigenvalue weighted by Crippen LogP contribution is -2.24. The molecule has 0 heterocycles. The average Bonchev–Trinajstić information content (AvgIpc) is 2.27. The van der Waals surface area contributed by atoms with E-state index in [0.717, 1.165) is 0 Å². The SMILES string of the molecule is C=CCNC(=O)CSc1cc(C)ccc1C. The van der Waals surface area contributed by atoms with Crippen molar-refractivity contribution in [3.8, 4) is 0 Å². The van der Waals surface area contributed by atoms with Gasteiger partial charge < -0.3 is 5.32 Å². The van der Waals surface area contributed by atoms with Gasteiger partial charge in [0.15, 0.2) is 0 Å². The Morgan fingerprint density at radius 2 is 2.25 bits per heavy atom. The summed E-state index contributed by atoms with van der Waals surface area (Å²) in [4.78, 5) is 12.6. The van der Waals surface area contributed by atoms with Gasteiger partial charge in [0.1, 0.15) is 0 Å². The van der Waals surface area contributed by atoms with Crippen LogP contribution in [0.1, 0.15) is 11.1 Å². The number of aryl methyl sites for hydroxylation is 2. The molecule has 3 heteroatoms. The molecule has 16 heavy (non-hydrogen) atoms. The number of benzene rings is 1. The van der Waals surface area contributed by atoms with Crippen LogP contribution in [0.2, 0.25) is 0 Å². The minimum absolute atomic E-state index is 0.0470. The second-order valence-electron chi connectivity index (χ2n) is 3.65. The molecule has 0 saturated carbocycles. The first kappa shape index (κ1) is 12.8. The smallest absolute Gasteiger partial charge is 0.230 e. The van der Waals surface area contributed by atoms with Gasteiger partial charge in [-0.05, 0) is 25.5 Å². The van der Waals surface area contributed by atoms with E-state index in [-0.39, 0.29) is 5.91 Å². The molecule has 0 atom stereocenters. The molecule has 0 unspecified atom stereocenters. The van der Waals surface area contributed by atoms with Crippen molar-refractivity contribution in [1.82, 2.24) is 5.32 Å². The van der Waals surface area contributed by atoms with E-state index in [1.807, 2.05) is 0 Å². The van der Waals surface area contributed by atoms with Gasteiger partial charge in [0.05, 0.1) is 5.75 Å². The van der Waals surface area contributed by atoms with Gasteiger partial charge in [-0.15, -0.1) is 18.3 Å². The normalized spacial score (nSPS) is 9.88. The van der Waals surface area contributed by atoms with E-state index in [4.69, 9.17) is 0 Å². The highest BCUT2D eigenvalue weighted by atomic mass is 32.2. The Kier molecular flexibility index (Phi) is 5.12. The van der Waals surface area contributed by atoms with Crippen LogP contribution in [0.15, 0.2) is 35.7 Å². The molecule has 0 saturated heterocycles. The Hall–Kier alpha value is -1.22. The molecule has 2 nitrogen and oxygen atoms in total. The lowest BCUT2D eigenvalue weighted by atomic mass is 10.2. The van der Waals surface area contributed by atoms with E-state index in [0.29, 0.717) is 12.3 Å². The lowest BCUT2D eigenvalue weighted by molar-refractivity contribution is -0.118. The number of rotatable bonds is 5. The van der Waals surface area contributed by atoms with Crippen molar-refractivity contribution in [1.29, 1.82) is 0 Å². The molecule has 0 bridgehead atoms. The minimum atomic E-state index is 0.0470. The Morgan fingerprint density at radius 3 is 2.94 bits per heavy atom. The molecule has 0 radical (unpaired) electrons. The molecular weight excluding hydrogens is 218 g/mol. The zero-order chi connectivity index (χ0) is 12.0. The molecule has 1 aromatic rings. The average molecular weight is 235 g/mol. The largest absolute Gasteiger partial charge is 0.352 e. The summed E-state index contributed by atoms with van der Waals surface area (Å²) >= 11 is 1.57. The summed E-state index contributed by atoms with van der Waals surface area (Å²) in [6.45, 7) is 8.20. The monoisotopic (exact) mass is 235 g/mol. The van der Waals surface area contributed by atoms with Crippen molar-refractivity contribution in [3.05, 3.63) is 42.0 Å². The van der Waals surface area contributed by atoms with E-state index >= 15 is 0 Å². The standard InChI is InChI=1S/C13H17NOS/c1-4-7-14-13(15)9-16-12-8-10(2)5-6-11(12)3/h4-6,8H,1,7,9H2,2-3H3,(H,14,15). The first-order chi connectivity index (χ1) is 7.63. The summed E-state index contributed by atoms with van der Waals surface area (Å²) < 4.78 is 0. The highest BCUT2D eigenvalue weighted by Gasteiger charge is 2.03. The quantitative estimate of drug-likeness (QED) is 0.628. The van der Waals surface area contributed by atoms with Gasteiger partial charge in [0.25, 0.3) is 0 Å². The van der Waals surface area contributed by atoms with Crippen molar-refractivity contribution in [2.24, 2.45) is 0 Å². The number of hydrogen-bond acceptors (Lipinski definition) is 2. The van der Waals surface area contributed by atoms with E-state index in [1.165, 1.54) is 16.0 Å². The molecule has 0 fully saturated rings. The summed E-state index contributed by atoms with van der Waals surface area (Å²) in [5.41, 5.74) is 2.44. The van der Waals surface area contributed by atoms with Crippen molar-refractivity contribution in [2.75, 3.05) is 12.3 Å². The fraction of sp³-hybridized carbons (Fsp3) is 0.308. The molecule has 0 aromatic heterocycles. The maximum atomic E-state index is 11.4. The number of hydrogen-bond donors (Lipinski definition) is 1. The van der Waals surface area contributed by atoms with Crippen LogP contribution < -0.4 is 5.32 Å². The third-order valence-corrected chi connectivity index (χ3v) is 3.30. The van der Waals surface area contributed by atoms with Crippen molar-refractivity contribution in [2.45, 2.75) is 18.7 Å². The molecule has 1 amide bonds. The summed E-state index contributed by atoms with van der Waals surface area (Å²) in [6, 6.07) is 6.28. The molecule has 86 valence electrons. The van der Waals surface area contributed by atoms with E-state index in [9.17, 15) is 4.79 Å². The number of amides is 1. The molecule has 0 aliphatic carbocycles. The second kappa shape index (κ2) is 6.38. The molecule has 0 aliphatic heterocycles. The number of nitrogens with one attached hydrogen (secondary N) is 1. The van der Waals surface area contributed by atoms with Crippen LogP contribution in [0.25, 0.3) is 0 Å². The number of carbonyl (C=O) groups is 1. The van der Waals surface area contributed by atoms with Crippen LogP contribution in [0, 0.1) is 13.8 Å². The fourth-order valence-corrected chi connectivity index (χ4v) is 2.20. The first-order valence-electron chi connectivity index (χ1n) is 5.21. The Balaban J connectivity index is 2.50. The van der Waals surface area contributed by atoms with Crippen molar-refractivity contribution >= 4 is 17.7 Å². The Bertz CT molecular complexity index is 388. The maximum absolute atomic E-state index is 11.4. The zero-order valence-electron chi connectivity index (χ0n) is 9.75. The van der Waals surface area contributed by atoms with Gasteiger partial charge >= 0.3 is 0 Å². The van der Waals surface area contributed by atoms with Gasteiger partial charge in [-0.2, -0.15) is 0 Å². The van der Waals surface area contributed by atoms with Gasteiger partial charge in [-0.1, -0.05) is 23.8 Å². The first-order valence-corrected chi connectivity index (χ1v) is 6.19. The van der Waals surface area contributed by atoms with Crippen LogP contribution in [-0.2, 0) is 4.79 Å². The highest BCUT2D eigenvalue weighted by Crippen LogP contribution is 2.23. The fourth-order valence-electron chi connectivity index (χ4n) is 1.24. The van der Waals surface area contributed by atoms with Crippen LogP contribution in [0.3, 0.4) is 0 Å². The predicted octanol–water partition coefficient (Wildman–Crippen LogP) is 2.70. The van der Waals surface area contributed by atoms with Crippen LogP contribution in [-0.4, -0.2) is 18.2 Å². The van der Waals surface area contributed by atoms with Crippen molar-refractivity contribution < 1.29 is 4.79 Å². The molecular formula is C13H17NOS. The summed E-state index contributed by atoms with van der Waals surface area (Å²) in [6.07, 6.45) is 1.68. The van der Waals surface area contributed by atoms with E-state index in [1.54, 1.807) is 17.8 Å². The topological polar surface area (TPSA) is 29.1 Å². The van der Waals surface area contributed by atoms with Gasteiger partial charge in [-0.25, -0.2) is 0 Å². The third-order valence-electron chi connectivity index (χ3n) is 2.15. The Morgan fingerprint density at radius 1 is 1.50 bits per heavy atom. The van der Waals surface area contributed by atoms with Gasteiger partial charge in [0, 0.05) is 11.4 Å². The van der Waals surface area contributed by atoms with E-state index < -0.39 is 0 Å². The maximum Gasteiger partial charge on any atom is 0.230 e. The second-order valence-corrected chi connectivity index (χ2v) is 4.67. The van der Waals surface area contributed by atoms with Gasteiger partial charge in [-0.3, -0.25) is 4.79 Å². The minimum Gasteiger partial charge on any atom is -0.352 e. The number of thioether (sulfide) groups is 1. The van der Waals surface area contributed by atoms with E-state index in [2.05, 4.69) is 43.9 Å². The Labute approximate surface area is 101 Å². The molecule has 1 N–H and O–H groups in total. The molecule has 0 aliphatic rings. The van der Waals surface area contributed by atoms with Crippen LogP contribution in [0.5, 0.6) is 0 Å². The lowest BCUT2D eigenvalue weighted by Gasteiger charge is -2.06. The predicted molar refractivity (Wildman–Crippen MR) is 69.8 cm³/mol. The third kappa shape index (κ3) is 4.11. The summed E-state index contributed by atoms with van der Waals surface area (Å²) in [5.74, 6) is 0.504. The van der Waals surface area contributed by atoms with Crippen LogP contribution >= 0.6 is 11.8 Å². The molecule has 0 spiro atoms. The number of carbonyl (C=O) groups excluding carboxylic acids is 1.